The fraction of sp³-hybridized carbons (Fsp3) is 0.292. The number of hydrogen-bond acceptors (Lipinski definition) is 5. The van der Waals surface area contributed by atoms with Crippen LogP contribution < -0.4 is 0 Å². The SMILES string of the molecule is COC(=O)[C@H]1Cc2ccccc2CN1C(=O)CSc1nccn1-c1cc(C)ccc1C. The molecule has 0 unspecified atom stereocenters. The number of benzene rings is 2. The number of hydrogen-bond donors (Lipinski definition) is 0. The summed E-state index contributed by atoms with van der Waals surface area (Å²) in [5, 5.41) is 0.745. The number of esters is 1. The molecule has 31 heavy (non-hydrogen) atoms. The molecule has 4 rings (SSSR count). The summed E-state index contributed by atoms with van der Waals surface area (Å²) < 4.78 is 6.98. The van der Waals surface area contributed by atoms with Crippen molar-refractivity contribution in [3.63, 3.8) is 0 Å². The number of ether oxygens (including phenoxy) is 1. The molecule has 0 aliphatic carbocycles. The lowest BCUT2D eigenvalue weighted by Gasteiger charge is -2.35. The minimum Gasteiger partial charge on any atom is -0.467 e. The van der Waals surface area contributed by atoms with Gasteiger partial charge in [0.15, 0.2) is 5.16 Å². The van der Waals surface area contributed by atoms with Crippen molar-refractivity contribution in [2.45, 2.75) is 38.0 Å². The standard InChI is InChI=1S/C24H25N3O3S/c1-16-8-9-17(2)20(12-16)26-11-10-25-24(26)31-15-22(28)27-14-19-7-5-4-6-18(19)13-21(27)23(29)30-3/h4-12,21H,13-15H2,1-3H3/t21-/m1/s1. The third-order valence-corrected chi connectivity index (χ3v) is 6.55. The van der Waals surface area contributed by atoms with E-state index in [4.69, 9.17) is 4.74 Å². The Morgan fingerprint density at radius 1 is 1.16 bits per heavy atom. The van der Waals surface area contributed by atoms with E-state index in [2.05, 4.69) is 37.0 Å². The van der Waals surface area contributed by atoms with Crippen molar-refractivity contribution in [3.8, 4) is 5.69 Å². The third kappa shape index (κ3) is 4.37. The van der Waals surface area contributed by atoms with Gasteiger partial charge < -0.3 is 9.64 Å². The van der Waals surface area contributed by atoms with Crippen molar-refractivity contribution in [2.24, 2.45) is 0 Å². The molecule has 160 valence electrons. The number of aromatic nitrogens is 2. The van der Waals surface area contributed by atoms with Crippen LogP contribution in [0.3, 0.4) is 0 Å². The van der Waals surface area contributed by atoms with E-state index in [0.717, 1.165) is 33.1 Å². The van der Waals surface area contributed by atoms with E-state index in [0.29, 0.717) is 13.0 Å². The Balaban J connectivity index is 1.53. The summed E-state index contributed by atoms with van der Waals surface area (Å²) in [7, 11) is 1.36. The Hall–Kier alpha value is -3.06. The van der Waals surface area contributed by atoms with Crippen LogP contribution >= 0.6 is 11.8 Å². The van der Waals surface area contributed by atoms with Crippen molar-refractivity contribution in [3.05, 3.63) is 77.1 Å². The van der Waals surface area contributed by atoms with Gasteiger partial charge in [0, 0.05) is 25.4 Å². The van der Waals surface area contributed by atoms with Gasteiger partial charge in [-0.1, -0.05) is 48.2 Å². The van der Waals surface area contributed by atoms with E-state index in [1.165, 1.54) is 18.9 Å². The van der Waals surface area contributed by atoms with E-state index in [1.807, 2.05) is 35.0 Å². The normalized spacial score (nSPS) is 15.5. The van der Waals surface area contributed by atoms with Gasteiger partial charge in [-0.25, -0.2) is 9.78 Å². The molecule has 0 spiro atoms. The lowest BCUT2D eigenvalue weighted by atomic mass is 9.94. The van der Waals surface area contributed by atoms with Gasteiger partial charge in [-0.3, -0.25) is 9.36 Å². The summed E-state index contributed by atoms with van der Waals surface area (Å²) in [5.41, 5.74) is 5.49. The highest BCUT2D eigenvalue weighted by molar-refractivity contribution is 7.99. The molecule has 0 saturated carbocycles. The largest absolute Gasteiger partial charge is 0.467 e. The van der Waals surface area contributed by atoms with E-state index >= 15 is 0 Å². The number of carbonyl (C=O) groups excluding carboxylic acids is 2. The quantitative estimate of drug-likeness (QED) is 0.452. The second-order valence-corrected chi connectivity index (χ2v) is 8.63. The number of amides is 1. The first-order valence-corrected chi connectivity index (χ1v) is 11.1. The Labute approximate surface area is 186 Å². The number of nitrogens with zero attached hydrogens (tertiary/aromatic N) is 3. The second-order valence-electron chi connectivity index (χ2n) is 7.69. The Morgan fingerprint density at radius 2 is 1.94 bits per heavy atom. The maximum Gasteiger partial charge on any atom is 0.328 e. The molecule has 3 aromatic rings. The van der Waals surface area contributed by atoms with Crippen molar-refractivity contribution < 1.29 is 14.3 Å². The molecule has 1 amide bonds. The fourth-order valence-corrected chi connectivity index (χ4v) is 4.75. The Morgan fingerprint density at radius 3 is 2.71 bits per heavy atom. The van der Waals surface area contributed by atoms with Gasteiger partial charge in [0.1, 0.15) is 6.04 Å². The zero-order valence-corrected chi connectivity index (χ0v) is 18.7. The summed E-state index contributed by atoms with van der Waals surface area (Å²) in [6.45, 7) is 4.51. The molecule has 6 nitrogen and oxygen atoms in total. The van der Waals surface area contributed by atoms with Crippen LogP contribution in [0.25, 0.3) is 5.69 Å². The fourth-order valence-electron chi connectivity index (χ4n) is 3.90. The van der Waals surface area contributed by atoms with Gasteiger partial charge in [0.2, 0.25) is 5.91 Å². The molecule has 0 radical (unpaired) electrons. The number of aryl methyl sites for hydroxylation is 2. The highest BCUT2D eigenvalue weighted by Gasteiger charge is 2.35. The van der Waals surface area contributed by atoms with Gasteiger partial charge in [0.05, 0.1) is 18.6 Å². The van der Waals surface area contributed by atoms with Crippen LogP contribution in [0.5, 0.6) is 0 Å². The van der Waals surface area contributed by atoms with Crippen molar-refractivity contribution in [1.29, 1.82) is 0 Å². The van der Waals surface area contributed by atoms with Gasteiger partial charge in [0.25, 0.3) is 0 Å². The van der Waals surface area contributed by atoms with Gasteiger partial charge in [-0.2, -0.15) is 0 Å². The Bertz CT molecular complexity index is 1120. The molecule has 7 heteroatoms. The molecule has 1 aliphatic rings. The van der Waals surface area contributed by atoms with Crippen LogP contribution in [0.1, 0.15) is 22.3 Å². The monoisotopic (exact) mass is 435 g/mol. The number of carbonyl (C=O) groups is 2. The average molecular weight is 436 g/mol. The number of rotatable bonds is 5. The molecular formula is C24H25N3O3S. The first kappa shape index (κ1) is 21.2. The average Bonchev–Trinajstić information content (AvgIpc) is 3.26. The molecule has 1 aliphatic heterocycles. The van der Waals surface area contributed by atoms with Gasteiger partial charge in [-0.15, -0.1) is 0 Å². The first-order valence-electron chi connectivity index (χ1n) is 10.2. The van der Waals surface area contributed by atoms with Crippen LogP contribution in [0, 0.1) is 13.8 Å². The molecule has 1 aromatic heterocycles. The molecule has 1 atom stereocenters. The highest BCUT2D eigenvalue weighted by Crippen LogP contribution is 2.27. The lowest BCUT2D eigenvalue weighted by Crippen LogP contribution is -2.49. The predicted octanol–water partition coefficient (Wildman–Crippen LogP) is 3.71. The molecule has 0 saturated heterocycles. The van der Waals surface area contributed by atoms with E-state index < -0.39 is 6.04 Å². The lowest BCUT2D eigenvalue weighted by molar-refractivity contribution is -0.153. The zero-order valence-electron chi connectivity index (χ0n) is 17.9. The van der Waals surface area contributed by atoms with Crippen molar-refractivity contribution >= 4 is 23.6 Å². The zero-order chi connectivity index (χ0) is 22.0. The smallest absolute Gasteiger partial charge is 0.328 e. The predicted molar refractivity (Wildman–Crippen MR) is 120 cm³/mol. The molecule has 0 N–H and O–H groups in total. The molecule has 0 fully saturated rings. The topological polar surface area (TPSA) is 64.4 Å². The van der Waals surface area contributed by atoms with Crippen LogP contribution in [0.15, 0.2) is 60.0 Å². The minimum atomic E-state index is -0.605. The van der Waals surface area contributed by atoms with Crippen LogP contribution in [-0.4, -0.2) is 45.2 Å². The van der Waals surface area contributed by atoms with Crippen LogP contribution in [0.2, 0.25) is 0 Å². The van der Waals surface area contributed by atoms with E-state index in [9.17, 15) is 9.59 Å². The maximum atomic E-state index is 13.2. The summed E-state index contributed by atoms with van der Waals surface area (Å²) in [6, 6.07) is 13.6. The summed E-state index contributed by atoms with van der Waals surface area (Å²) >= 11 is 1.38. The van der Waals surface area contributed by atoms with E-state index in [1.54, 1.807) is 11.1 Å². The number of fused-ring (bicyclic) bond motifs is 1. The third-order valence-electron chi connectivity index (χ3n) is 5.60. The highest BCUT2D eigenvalue weighted by atomic mass is 32.2. The van der Waals surface area contributed by atoms with Gasteiger partial charge >= 0.3 is 5.97 Å². The van der Waals surface area contributed by atoms with Crippen LogP contribution in [-0.2, 0) is 27.3 Å². The first-order chi connectivity index (χ1) is 15.0. The summed E-state index contributed by atoms with van der Waals surface area (Å²) in [4.78, 5) is 31.6. The van der Waals surface area contributed by atoms with E-state index in [-0.39, 0.29) is 17.6 Å². The molecular weight excluding hydrogens is 410 g/mol. The van der Waals surface area contributed by atoms with Crippen LogP contribution in [0.4, 0.5) is 0 Å². The summed E-state index contributed by atoms with van der Waals surface area (Å²) in [5.74, 6) is -0.299. The summed E-state index contributed by atoms with van der Waals surface area (Å²) in [6.07, 6.45) is 4.11. The molecule has 2 heterocycles. The number of imidazole rings is 1. The maximum absolute atomic E-state index is 13.2. The van der Waals surface area contributed by atoms with Crippen molar-refractivity contribution in [1.82, 2.24) is 14.5 Å². The minimum absolute atomic E-state index is 0.106. The number of methoxy groups -OCH3 is 1. The van der Waals surface area contributed by atoms with Gasteiger partial charge in [-0.05, 0) is 42.2 Å². The van der Waals surface area contributed by atoms with Crippen molar-refractivity contribution in [2.75, 3.05) is 12.9 Å². The molecule has 0 bridgehead atoms. The Kier molecular flexibility index (Phi) is 6.13. The molecule has 2 aromatic carbocycles. The second kappa shape index (κ2) is 8.98. The number of thioether (sulfide) groups is 1.